The highest BCUT2D eigenvalue weighted by atomic mass is 16.5. The maximum absolute atomic E-state index is 5.44. The van der Waals surface area contributed by atoms with Gasteiger partial charge in [-0.15, -0.1) is 0 Å². The van der Waals surface area contributed by atoms with Crippen molar-refractivity contribution in [3.8, 4) is 17.2 Å². The third kappa shape index (κ3) is 6.16. The number of aliphatic imine (C=N–C) groups is 1. The molecular formula is C22H38N4O3. The van der Waals surface area contributed by atoms with Crippen LogP contribution in [0.5, 0.6) is 17.2 Å². The third-order valence-corrected chi connectivity index (χ3v) is 5.61. The fourth-order valence-corrected chi connectivity index (χ4v) is 3.79. The normalized spacial score (nSPS) is 18.3. The number of hydrogen-bond acceptors (Lipinski definition) is 5. The van der Waals surface area contributed by atoms with Crippen LogP contribution in [0.4, 0.5) is 0 Å². The molecule has 1 aromatic carbocycles. The molecule has 0 bridgehead atoms. The Labute approximate surface area is 175 Å². The lowest BCUT2D eigenvalue weighted by molar-refractivity contribution is 0.0739. The van der Waals surface area contributed by atoms with Gasteiger partial charge in [-0.05, 0) is 56.8 Å². The minimum absolute atomic E-state index is 0.0683. The van der Waals surface area contributed by atoms with Gasteiger partial charge in [0.05, 0.1) is 21.3 Å². The molecule has 1 aliphatic heterocycles. The molecular weight excluding hydrogens is 368 g/mol. The summed E-state index contributed by atoms with van der Waals surface area (Å²) in [4.78, 5) is 6.96. The molecule has 7 nitrogen and oxygen atoms in total. The smallest absolute Gasteiger partial charge is 0.203 e. The van der Waals surface area contributed by atoms with Gasteiger partial charge in [0.2, 0.25) is 5.75 Å². The molecule has 164 valence electrons. The van der Waals surface area contributed by atoms with Gasteiger partial charge < -0.3 is 24.8 Å². The van der Waals surface area contributed by atoms with Gasteiger partial charge >= 0.3 is 0 Å². The van der Waals surface area contributed by atoms with E-state index in [1.165, 1.54) is 12.8 Å². The van der Waals surface area contributed by atoms with Gasteiger partial charge in [0.1, 0.15) is 0 Å². The first kappa shape index (κ1) is 23.1. The van der Waals surface area contributed by atoms with Crippen LogP contribution in [0.25, 0.3) is 0 Å². The molecule has 0 saturated carbocycles. The highest BCUT2D eigenvalue weighted by Gasteiger charge is 2.30. The Morgan fingerprint density at radius 1 is 1.14 bits per heavy atom. The van der Waals surface area contributed by atoms with Crippen LogP contribution in [0.1, 0.15) is 39.2 Å². The molecule has 2 N–H and O–H groups in total. The van der Waals surface area contributed by atoms with Crippen LogP contribution in [0, 0.1) is 5.92 Å². The standard InChI is InChI=1S/C22H38N4O3/c1-16-9-8-10-26(14-16)22(2,3)15-25-21(23-4)24-13-17-11-18(27-5)20(29-7)19(12-17)28-6/h11-12,16H,8-10,13-15H2,1-7H3,(H2,23,24,25). The molecule has 2 rings (SSSR count). The Morgan fingerprint density at radius 3 is 2.31 bits per heavy atom. The predicted octanol–water partition coefficient (Wildman–Crippen LogP) is 2.89. The monoisotopic (exact) mass is 406 g/mol. The van der Waals surface area contributed by atoms with Crippen LogP contribution >= 0.6 is 0 Å². The molecule has 0 amide bonds. The van der Waals surface area contributed by atoms with Crippen LogP contribution in [0.3, 0.4) is 0 Å². The lowest BCUT2D eigenvalue weighted by Crippen LogP contribution is -2.55. The van der Waals surface area contributed by atoms with Gasteiger partial charge in [-0.1, -0.05) is 6.92 Å². The molecule has 1 atom stereocenters. The minimum Gasteiger partial charge on any atom is -0.493 e. The summed E-state index contributed by atoms with van der Waals surface area (Å²) in [5.41, 5.74) is 1.09. The Kier molecular flexibility index (Phi) is 8.44. The number of nitrogens with zero attached hydrogens (tertiary/aromatic N) is 2. The SMILES string of the molecule is CN=C(NCc1cc(OC)c(OC)c(OC)c1)NCC(C)(C)N1CCCC(C)C1. The zero-order chi connectivity index (χ0) is 21.4. The van der Waals surface area contributed by atoms with Crippen molar-refractivity contribution in [3.05, 3.63) is 17.7 Å². The average Bonchev–Trinajstić information content (AvgIpc) is 2.72. The summed E-state index contributed by atoms with van der Waals surface area (Å²) in [7, 11) is 6.65. The van der Waals surface area contributed by atoms with Crippen molar-refractivity contribution in [2.75, 3.05) is 48.0 Å². The Balaban J connectivity index is 1.97. The molecule has 1 aromatic rings. The van der Waals surface area contributed by atoms with E-state index in [1.807, 2.05) is 12.1 Å². The van der Waals surface area contributed by atoms with E-state index in [2.05, 4.69) is 41.3 Å². The number of nitrogens with one attached hydrogen (secondary N) is 2. The van der Waals surface area contributed by atoms with E-state index in [9.17, 15) is 0 Å². The number of likely N-dealkylation sites (tertiary alicyclic amines) is 1. The highest BCUT2D eigenvalue weighted by Crippen LogP contribution is 2.38. The van der Waals surface area contributed by atoms with E-state index < -0.39 is 0 Å². The van der Waals surface area contributed by atoms with E-state index in [-0.39, 0.29) is 5.54 Å². The lowest BCUT2D eigenvalue weighted by atomic mass is 9.93. The number of benzene rings is 1. The van der Waals surface area contributed by atoms with Crippen molar-refractivity contribution < 1.29 is 14.2 Å². The second-order valence-electron chi connectivity index (χ2n) is 8.32. The number of hydrogen-bond donors (Lipinski definition) is 2. The lowest BCUT2D eigenvalue weighted by Gasteiger charge is -2.43. The minimum atomic E-state index is 0.0683. The molecule has 1 unspecified atom stereocenters. The zero-order valence-corrected chi connectivity index (χ0v) is 19.1. The number of ether oxygens (including phenoxy) is 3. The molecule has 0 spiro atoms. The number of methoxy groups -OCH3 is 3. The summed E-state index contributed by atoms with van der Waals surface area (Å²) < 4.78 is 16.3. The largest absolute Gasteiger partial charge is 0.493 e. The molecule has 1 aliphatic rings. The van der Waals surface area contributed by atoms with Crippen molar-refractivity contribution in [1.82, 2.24) is 15.5 Å². The summed E-state index contributed by atoms with van der Waals surface area (Å²) in [5.74, 6) is 3.43. The Morgan fingerprint density at radius 2 is 1.79 bits per heavy atom. The van der Waals surface area contributed by atoms with E-state index in [1.54, 1.807) is 28.4 Å². The third-order valence-electron chi connectivity index (χ3n) is 5.61. The Hall–Kier alpha value is -2.15. The maximum atomic E-state index is 5.44. The first-order chi connectivity index (χ1) is 13.8. The van der Waals surface area contributed by atoms with Crippen molar-refractivity contribution in [2.24, 2.45) is 10.9 Å². The van der Waals surface area contributed by atoms with Gasteiger partial charge in [-0.25, -0.2) is 0 Å². The molecule has 7 heteroatoms. The van der Waals surface area contributed by atoms with E-state index >= 15 is 0 Å². The first-order valence-electron chi connectivity index (χ1n) is 10.3. The van der Waals surface area contributed by atoms with Crippen LogP contribution in [-0.2, 0) is 6.54 Å². The molecule has 0 aromatic heterocycles. The van der Waals surface area contributed by atoms with E-state index in [0.717, 1.165) is 37.1 Å². The predicted molar refractivity (Wildman–Crippen MR) is 118 cm³/mol. The summed E-state index contributed by atoms with van der Waals surface area (Å²) in [5, 5.41) is 6.86. The fourth-order valence-electron chi connectivity index (χ4n) is 3.79. The van der Waals surface area contributed by atoms with Crippen LogP contribution in [0.15, 0.2) is 17.1 Å². The van der Waals surface area contributed by atoms with Crippen molar-refractivity contribution in [1.29, 1.82) is 0 Å². The number of rotatable bonds is 8. The Bertz CT molecular complexity index is 666. The highest BCUT2D eigenvalue weighted by molar-refractivity contribution is 5.79. The molecule has 0 aliphatic carbocycles. The van der Waals surface area contributed by atoms with Crippen LogP contribution in [-0.4, -0.2) is 64.4 Å². The summed E-state index contributed by atoms with van der Waals surface area (Å²) in [6.45, 7) is 10.7. The summed E-state index contributed by atoms with van der Waals surface area (Å²) in [6.07, 6.45) is 2.61. The van der Waals surface area contributed by atoms with Gasteiger partial charge in [-0.3, -0.25) is 9.89 Å². The zero-order valence-electron chi connectivity index (χ0n) is 19.1. The molecule has 29 heavy (non-hydrogen) atoms. The molecule has 0 radical (unpaired) electrons. The van der Waals surface area contributed by atoms with Crippen LogP contribution in [0.2, 0.25) is 0 Å². The number of piperidine rings is 1. The topological polar surface area (TPSA) is 67.4 Å². The van der Waals surface area contributed by atoms with Gasteiger partial charge in [0.25, 0.3) is 0 Å². The van der Waals surface area contributed by atoms with E-state index in [4.69, 9.17) is 14.2 Å². The summed E-state index contributed by atoms with van der Waals surface area (Å²) >= 11 is 0. The van der Waals surface area contributed by atoms with Crippen molar-refractivity contribution in [3.63, 3.8) is 0 Å². The van der Waals surface area contributed by atoms with Gasteiger partial charge in [0.15, 0.2) is 17.5 Å². The second-order valence-corrected chi connectivity index (χ2v) is 8.32. The maximum Gasteiger partial charge on any atom is 0.203 e. The fraction of sp³-hybridized carbons (Fsp3) is 0.682. The van der Waals surface area contributed by atoms with Crippen molar-refractivity contribution >= 4 is 5.96 Å². The number of guanidine groups is 1. The average molecular weight is 407 g/mol. The quantitative estimate of drug-likeness (QED) is 0.511. The van der Waals surface area contributed by atoms with E-state index in [0.29, 0.717) is 23.8 Å². The summed E-state index contributed by atoms with van der Waals surface area (Å²) in [6, 6.07) is 3.89. The molecule has 1 fully saturated rings. The molecule has 1 saturated heterocycles. The second kappa shape index (κ2) is 10.6. The van der Waals surface area contributed by atoms with Crippen LogP contribution < -0.4 is 24.8 Å². The van der Waals surface area contributed by atoms with Gasteiger partial charge in [0, 0.05) is 32.2 Å². The molecule has 1 heterocycles. The first-order valence-corrected chi connectivity index (χ1v) is 10.3. The van der Waals surface area contributed by atoms with Gasteiger partial charge in [-0.2, -0.15) is 0 Å². The van der Waals surface area contributed by atoms with Crippen molar-refractivity contribution in [2.45, 2.75) is 45.7 Å².